The number of benzene rings is 1. The van der Waals surface area contributed by atoms with Crippen LogP contribution in [0.1, 0.15) is 51.6 Å². The molecule has 42 heavy (non-hydrogen) atoms. The molecule has 1 aliphatic heterocycles. The second kappa shape index (κ2) is 15.1. The minimum atomic E-state index is 0.284. The zero-order chi connectivity index (χ0) is 29.9. The Balaban J connectivity index is 0.000000390. The minimum Gasteiger partial charge on any atom is -0.508 e. The highest BCUT2D eigenvalue weighted by Gasteiger charge is 2.23. The zero-order valence-corrected chi connectivity index (χ0v) is 25.2. The van der Waals surface area contributed by atoms with Crippen LogP contribution >= 0.6 is 0 Å². The number of aliphatic hydroxyl groups is 1. The number of rotatable bonds is 6. The molecule has 1 aliphatic carbocycles. The number of phenolic OH excluding ortho intramolecular Hbond substituents is 1. The first kappa shape index (κ1) is 30.7. The summed E-state index contributed by atoms with van der Waals surface area (Å²) in [5, 5.41) is 17.6. The van der Waals surface area contributed by atoms with Gasteiger partial charge in [0.15, 0.2) is 0 Å². The lowest BCUT2D eigenvalue weighted by Crippen LogP contribution is -2.47. The first-order valence-corrected chi connectivity index (χ1v) is 14.8. The number of hydrogen-bond acceptors (Lipinski definition) is 8. The molecular weight excluding hydrogens is 526 g/mol. The van der Waals surface area contributed by atoms with E-state index in [1.807, 2.05) is 43.6 Å². The van der Waals surface area contributed by atoms with E-state index in [1.54, 1.807) is 23.9 Å². The number of aromatic hydroxyl groups is 1. The standard InChI is InChI=1S/C25H27N7O.C7H12.CH4O/c1-3-10-26-22-17(2)29-25(30-23(22)20-8-11-27-24-21(20)9-12-28-24)32-15-13-31(14-16-32)18-4-6-19(33)7-5-18;1-2-4-7-5-3-6-7;1-2/h4-12,33H,3,13-16H2,1-2H3,(H,27,28);4H,2-3,5-6H2,1H3;2H,1H3. The van der Waals surface area contributed by atoms with Crippen LogP contribution in [0.3, 0.4) is 0 Å². The number of allylic oxidation sites excluding steroid dienone is 2. The fraction of sp³-hybridized carbons (Fsp3) is 0.394. The van der Waals surface area contributed by atoms with Gasteiger partial charge in [0.2, 0.25) is 5.95 Å². The number of anilines is 2. The summed E-state index contributed by atoms with van der Waals surface area (Å²) in [7, 11) is 1.00. The lowest BCUT2D eigenvalue weighted by molar-refractivity contribution is 0.399. The second-order valence-electron chi connectivity index (χ2n) is 10.2. The van der Waals surface area contributed by atoms with E-state index in [0.29, 0.717) is 0 Å². The molecule has 9 nitrogen and oxygen atoms in total. The van der Waals surface area contributed by atoms with Gasteiger partial charge in [0, 0.05) is 68.5 Å². The Hall–Kier alpha value is -4.24. The minimum absolute atomic E-state index is 0.284. The summed E-state index contributed by atoms with van der Waals surface area (Å²) in [6.07, 6.45) is 14.2. The van der Waals surface area contributed by atoms with Gasteiger partial charge in [0.1, 0.15) is 22.8 Å². The predicted octanol–water partition coefficient (Wildman–Crippen LogP) is 6.59. The van der Waals surface area contributed by atoms with Crippen molar-refractivity contribution < 1.29 is 10.2 Å². The Morgan fingerprint density at radius 1 is 0.929 bits per heavy atom. The van der Waals surface area contributed by atoms with E-state index in [-0.39, 0.29) is 5.75 Å². The molecule has 222 valence electrons. The first-order chi connectivity index (χ1) is 20.6. The summed E-state index contributed by atoms with van der Waals surface area (Å²) < 4.78 is 0. The summed E-state index contributed by atoms with van der Waals surface area (Å²) in [6, 6.07) is 11.4. The number of piperazine rings is 1. The van der Waals surface area contributed by atoms with Crippen LogP contribution in [0.2, 0.25) is 0 Å². The molecule has 3 aromatic heterocycles. The number of nitrogens with one attached hydrogen (secondary N) is 1. The zero-order valence-electron chi connectivity index (χ0n) is 25.2. The number of aliphatic imine (C=N–C) groups is 1. The molecule has 1 saturated heterocycles. The number of aromatic amines is 1. The molecule has 0 atom stereocenters. The van der Waals surface area contributed by atoms with Crippen LogP contribution in [-0.4, -0.2) is 69.7 Å². The van der Waals surface area contributed by atoms with Crippen LogP contribution in [0.25, 0.3) is 22.3 Å². The van der Waals surface area contributed by atoms with Gasteiger partial charge >= 0.3 is 0 Å². The fourth-order valence-corrected chi connectivity index (χ4v) is 5.09. The molecule has 1 aromatic carbocycles. The maximum atomic E-state index is 9.56. The highest BCUT2D eigenvalue weighted by Crippen LogP contribution is 2.36. The molecule has 0 unspecified atom stereocenters. The van der Waals surface area contributed by atoms with Gasteiger partial charge in [-0.3, -0.25) is 4.99 Å². The molecule has 0 bridgehead atoms. The molecule has 3 N–H and O–H groups in total. The lowest BCUT2D eigenvalue weighted by atomic mass is 9.92. The van der Waals surface area contributed by atoms with E-state index < -0.39 is 0 Å². The Morgan fingerprint density at radius 3 is 2.26 bits per heavy atom. The number of nitrogens with zero attached hydrogens (tertiary/aromatic N) is 6. The van der Waals surface area contributed by atoms with Gasteiger partial charge in [-0.1, -0.05) is 25.5 Å². The predicted molar refractivity (Wildman–Crippen MR) is 173 cm³/mol. The summed E-state index contributed by atoms with van der Waals surface area (Å²) in [5.74, 6) is 1.01. The summed E-state index contributed by atoms with van der Waals surface area (Å²) >= 11 is 0. The normalized spacial score (nSPS) is 14.6. The lowest BCUT2D eigenvalue weighted by Gasteiger charge is -2.36. The third kappa shape index (κ3) is 7.33. The average Bonchev–Trinajstić information content (AvgIpc) is 3.49. The summed E-state index contributed by atoms with van der Waals surface area (Å²) in [5.41, 5.74) is 7.12. The monoisotopic (exact) mass is 569 g/mol. The molecular formula is C33H43N7O2. The molecule has 2 fully saturated rings. The number of H-pyrrole nitrogens is 1. The van der Waals surface area contributed by atoms with Crippen molar-refractivity contribution in [1.82, 2.24) is 19.9 Å². The first-order valence-electron chi connectivity index (χ1n) is 14.8. The maximum Gasteiger partial charge on any atom is 0.226 e. The highest BCUT2D eigenvalue weighted by atomic mass is 16.3. The molecule has 0 amide bonds. The largest absolute Gasteiger partial charge is 0.508 e. The summed E-state index contributed by atoms with van der Waals surface area (Å²) in [6.45, 7) is 9.61. The van der Waals surface area contributed by atoms with Crippen LogP contribution < -0.4 is 9.80 Å². The van der Waals surface area contributed by atoms with E-state index in [9.17, 15) is 5.11 Å². The Kier molecular flexibility index (Phi) is 11.1. The molecule has 4 heterocycles. The van der Waals surface area contributed by atoms with Gasteiger partial charge in [0.05, 0.1) is 5.69 Å². The number of aliphatic hydroxyl groups excluding tert-OH is 1. The molecule has 1 saturated carbocycles. The van der Waals surface area contributed by atoms with Gasteiger partial charge in [0.25, 0.3) is 0 Å². The van der Waals surface area contributed by atoms with Crippen molar-refractivity contribution >= 4 is 34.6 Å². The van der Waals surface area contributed by atoms with E-state index in [0.717, 1.165) is 85.0 Å². The van der Waals surface area contributed by atoms with Gasteiger partial charge in [-0.15, -0.1) is 0 Å². The van der Waals surface area contributed by atoms with Gasteiger partial charge in [-0.05, 0) is 75.4 Å². The number of aryl methyl sites for hydroxylation is 1. The molecule has 0 radical (unpaired) electrons. The van der Waals surface area contributed by atoms with Crippen LogP contribution in [0.5, 0.6) is 5.75 Å². The molecule has 4 aromatic rings. The van der Waals surface area contributed by atoms with Crippen molar-refractivity contribution in [2.24, 2.45) is 4.99 Å². The highest BCUT2D eigenvalue weighted by molar-refractivity contribution is 5.95. The van der Waals surface area contributed by atoms with Crippen LogP contribution in [0.4, 0.5) is 17.3 Å². The van der Waals surface area contributed by atoms with Crippen molar-refractivity contribution in [3.8, 4) is 17.0 Å². The number of fused-ring (bicyclic) bond motifs is 1. The van der Waals surface area contributed by atoms with Crippen molar-refractivity contribution in [3.63, 3.8) is 0 Å². The molecule has 9 heteroatoms. The van der Waals surface area contributed by atoms with E-state index in [4.69, 9.17) is 20.1 Å². The van der Waals surface area contributed by atoms with Crippen LogP contribution in [-0.2, 0) is 0 Å². The van der Waals surface area contributed by atoms with Crippen molar-refractivity contribution in [2.75, 3.05) is 43.1 Å². The molecule has 2 aliphatic rings. The van der Waals surface area contributed by atoms with Crippen molar-refractivity contribution in [1.29, 1.82) is 0 Å². The number of phenols is 1. The third-order valence-corrected chi connectivity index (χ3v) is 7.43. The molecule has 6 rings (SSSR count). The van der Waals surface area contributed by atoms with Crippen LogP contribution in [0, 0.1) is 6.92 Å². The number of aromatic nitrogens is 4. The third-order valence-electron chi connectivity index (χ3n) is 7.43. The van der Waals surface area contributed by atoms with Gasteiger partial charge < -0.3 is 25.0 Å². The molecule has 0 spiro atoms. The Labute approximate surface area is 248 Å². The van der Waals surface area contributed by atoms with E-state index in [2.05, 4.69) is 39.7 Å². The topological polar surface area (TPSA) is 114 Å². The van der Waals surface area contributed by atoms with E-state index in [1.165, 1.54) is 25.7 Å². The van der Waals surface area contributed by atoms with Gasteiger partial charge in [-0.25, -0.2) is 15.0 Å². The average molecular weight is 570 g/mol. The van der Waals surface area contributed by atoms with Crippen molar-refractivity contribution in [3.05, 3.63) is 66.1 Å². The van der Waals surface area contributed by atoms with E-state index >= 15 is 0 Å². The SMILES string of the molecule is CCC=C1CCC1.CCC=Nc1c(C)nc(N2CCN(c3ccc(O)cc3)CC2)nc1-c1ccnc2[nH]ccc12.CO. The Bertz CT molecular complexity index is 1480. The second-order valence-corrected chi connectivity index (χ2v) is 10.2. The smallest absolute Gasteiger partial charge is 0.226 e. The number of pyridine rings is 1. The quantitative estimate of drug-likeness (QED) is 0.177. The summed E-state index contributed by atoms with van der Waals surface area (Å²) in [4.78, 5) is 26.7. The van der Waals surface area contributed by atoms with Crippen molar-refractivity contribution in [2.45, 2.75) is 52.9 Å². The van der Waals surface area contributed by atoms with Gasteiger partial charge in [-0.2, -0.15) is 0 Å². The maximum absolute atomic E-state index is 9.56. The Morgan fingerprint density at radius 2 is 1.64 bits per heavy atom. The fourth-order valence-electron chi connectivity index (χ4n) is 5.09. The number of hydrogen-bond donors (Lipinski definition) is 3. The van der Waals surface area contributed by atoms with Crippen LogP contribution in [0.15, 0.2) is 65.4 Å².